The van der Waals surface area contributed by atoms with Gasteiger partial charge in [-0.3, -0.25) is 14.3 Å². The van der Waals surface area contributed by atoms with E-state index in [-0.39, 0.29) is 23.1 Å². The predicted molar refractivity (Wildman–Crippen MR) is 118 cm³/mol. The molecule has 0 N–H and O–H groups in total. The van der Waals surface area contributed by atoms with Gasteiger partial charge in [-0.25, -0.2) is 0 Å². The van der Waals surface area contributed by atoms with E-state index in [1.165, 1.54) is 17.8 Å². The van der Waals surface area contributed by atoms with Crippen molar-refractivity contribution in [3.8, 4) is 0 Å². The molecule has 6 nitrogen and oxygen atoms in total. The Balaban J connectivity index is 1.55. The summed E-state index contributed by atoms with van der Waals surface area (Å²) in [6.45, 7) is 7.43. The Labute approximate surface area is 182 Å². The molecule has 1 saturated heterocycles. The third-order valence-corrected chi connectivity index (χ3v) is 7.75. The molecule has 30 heavy (non-hydrogen) atoms. The molecule has 1 aliphatic heterocycles. The van der Waals surface area contributed by atoms with E-state index in [9.17, 15) is 9.59 Å². The number of hydrogen-bond acceptors (Lipinski definition) is 4. The van der Waals surface area contributed by atoms with Gasteiger partial charge in [0.1, 0.15) is 0 Å². The fourth-order valence-corrected chi connectivity index (χ4v) is 5.92. The SMILES string of the molecule is CCN(Cc1cnn(CC)c1)C(=O)C1CN(C(=O)c2cccs2)CC12CCCCC2. The molecular weight excluding hydrogens is 396 g/mol. The van der Waals surface area contributed by atoms with Gasteiger partial charge in [0, 0.05) is 49.9 Å². The van der Waals surface area contributed by atoms with Crippen molar-refractivity contribution in [1.29, 1.82) is 0 Å². The van der Waals surface area contributed by atoms with Crippen LogP contribution in [0.4, 0.5) is 0 Å². The van der Waals surface area contributed by atoms with E-state index >= 15 is 0 Å². The topological polar surface area (TPSA) is 58.4 Å². The van der Waals surface area contributed by atoms with Crippen LogP contribution in [0.15, 0.2) is 29.9 Å². The molecule has 2 aromatic heterocycles. The van der Waals surface area contributed by atoms with Gasteiger partial charge in [-0.05, 0) is 38.1 Å². The van der Waals surface area contributed by atoms with Crippen LogP contribution in [0, 0.1) is 11.3 Å². The molecule has 2 fully saturated rings. The molecule has 2 aromatic rings. The van der Waals surface area contributed by atoms with Crippen LogP contribution in [0.1, 0.15) is 61.2 Å². The molecule has 0 radical (unpaired) electrons. The first-order valence-electron chi connectivity index (χ1n) is 11.2. The molecule has 1 atom stereocenters. The van der Waals surface area contributed by atoms with Crippen LogP contribution in [0.3, 0.4) is 0 Å². The van der Waals surface area contributed by atoms with Gasteiger partial charge in [0.05, 0.1) is 17.0 Å². The van der Waals surface area contributed by atoms with Gasteiger partial charge in [-0.15, -0.1) is 11.3 Å². The molecule has 162 valence electrons. The quantitative estimate of drug-likeness (QED) is 0.698. The number of hydrogen-bond donors (Lipinski definition) is 0. The summed E-state index contributed by atoms with van der Waals surface area (Å²) >= 11 is 1.48. The highest BCUT2D eigenvalue weighted by Crippen LogP contribution is 2.48. The lowest BCUT2D eigenvalue weighted by atomic mass is 9.67. The van der Waals surface area contributed by atoms with Gasteiger partial charge in [0.15, 0.2) is 0 Å². The second-order valence-electron chi connectivity index (χ2n) is 8.70. The van der Waals surface area contributed by atoms with Gasteiger partial charge in [-0.2, -0.15) is 5.10 Å². The summed E-state index contributed by atoms with van der Waals surface area (Å²) in [5.74, 6) is 0.172. The Kier molecular flexibility index (Phi) is 6.27. The van der Waals surface area contributed by atoms with Crippen LogP contribution in [0.2, 0.25) is 0 Å². The zero-order valence-corrected chi connectivity index (χ0v) is 18.9. The smallest absolute Gasteiger partial charge is 0.263 e. The lowest BCUT2D eigenvalue weighted by molar-refractivity contribution is -0.139. The Morgan fingerprint density at radius 2 is 2.07 bits per heavy atom. The van der Waals surface area contributed by atoms with Crippen molar-refractivity contribution < 1.29 is 9.59 Å². The molecule has 3 heterocycles. The second kappa shape index (κ2) is 8.92. The highest BCUT2D eigenvalue weighted by atomic mass is 32.1. The van der Waals surface area contributed by atoms with Gasteiger partial charge in [0.25, 0.3) is 5.91 Å². The number of carbonyl (C=O) groups excluding carboxylic acids is 2. The normalized spacial score (nSPS) is 20.6. The zero-order chi connectivity index (χ0) is 21.1. The minimum Gasteiger partial charge on any atom is -0.338 e. The summed E-state index contributed by atoms with van der Waals surface area (Å²) in [5.41, 5.74) is 0.998. The second-order valence-corrected chi connectivity index (χ2v) is 9.64. The van der Waals surface area contributed by atoms with E-state index in [0.717, 1.165) is 42.7 Å². The molecule has 0 bridgehead atoms. The standard InChI is InChI=1S/C23H32N4O2S/c1-3-25(14-18-13-24-27(4-2)15-18)21(28)19-16-26(22(29)20-9-8-12-30-20)17-23(19)10-6-5-7-11-23/h8-9,12-13,15,19H,3-7,10-11,14,16-17H2,1-2H3. The first-order chi connectivity index (χ1) is 14.6. The fourth-order valence-electron chi connectivity index (χ4n) is 5.23. The third-order valence-electron chi connectivity index (χ3n) is 6.89. The molecule has 1 aliphatic carbocycles. The summed E-state index contributed by atoms with van der Waals surface area (Å²) in [6, 6.07) is 3.81. The molecule has 2 amide bonds. The van der Waals surface area contributed by atoms with E-state index in [1.807, 2.05) is 51.3 Å². The number of thiophene rings is 1. The van der Waals surface area contributed by atoms with E-state index in [4.69, 9.17) is 0 Å². The molecule has 2 aliphatic rings. The largest absolute Gasteiger partial charge is 0.338 e. The van der Waals surface area contributed by atoms with Crippen molar-refractivity contribution in [2.45, 2.75) is 59.0 Å². The van der Waals surface area contributed by atoms with E-state index in [0.29, 0.717) is 26.2 Å². The predicted octanol–water partition coefficient (Wildman–Crippen LogP) is 4.04. The number of rotatable bonds is 6. The van der Waals surface area contributed by atoms with Crippen molar-refractivity contribution in [1.82, 2.24) is 19.6 Å². The van der Waals surface area contributed by atoms with Crippen LogP contribution < -0.4 is 0 Å². The van der Waals surface area contributed by atoms with Crippen molar-refractivity contribution in [3.63, 3.8) is 0 Å². The summed E-state index contributed by atoms with van der Waals surface area (Å²) in [4.78, 5) is 31.5. The number of aryl methyl sites for hydroxylation is 1. The van der Waals surface area contributed by atoms with Crippen LogP contribution in [0.25, 0.3) is 0 Å². The number of nitrogens with zero attached hydrogens (tertiary/aromatic N) is 4. The van der Waals surface area contributed by atoms with Crippen LogP contribution in [-0.4, -0.2) is 51.0 Å². The van der Waals surface area contributed by atoms with Crippen LogP contribution in [0.5, 0.6) is 0 Å². The van der Waals surface area contributed by atoms with Crippen molar-refractivity contribution in [3.05, 3.63) is 40.3 Å². The fraction of sp³-hybridized carbons (Fsp3) is 0.609. The molecular formula is C23H32N4O2S. The van der Waals surface area contributed by atoms with Crippen LogP contribution in [-0.2, 0) is 17.9 Å². The molecule has 1 unspecified atom stereocenters. The minimum atomic E-state index is -0.108. The van der Waals surface area contributed by atoms with Gasteiger partial charge >= 0.3 is 0 Å². The average Bonchev–Trinajstić information content (AvgIpc) is 3.52. The Morgan fingerprint density at radius 1 is 1.27 bits per heavy atom. The maximum absolute atomic E-state index is 13.7. The first kappa shape index (κ1) is 21.1. The summed E-state index contributed by atoms with van der Waals surface area (Å²) < 4.78 is 1.90. The Hall–Kier alpha value is -2.15. The third kappa shape index (κ3) is 4.04. The number of aromatic nitrogens is 2. The minimum absolute atomic E-state index is 0.0662. The molecule has 0 aromatic carbocycles. The van der Waals surface area contributed by atoms with Gasteiger partial charge < -0.3 is 9.80 Å². The van der Waals surface area contributed by atoms with E-state index in [2.05, 4.69) is 12.0 Å². The average molecular weight is 429 g/mol. The summed E-state index contributed by atoms with van der Waals surface area (Å²) in [5, 5.41) is 6.29. The van der Waals surface area contributed by atoms with Crippen molar-refractivity contribution in [2.24, 2.45) is 11.3 Å². The van der Waals surface area contributed by atoms with E-state index < -0.39 is 0 Å². The monoisotopic (exact) mass is 428 g/mol. The first-order valence-corrected chi connectivity index (χ1v) is 12.1. The number of carbonyl (C=O) groups is 2. The molecule has 1 spiro atoms. The lowest BCUT2D eigenvalue weighted by Crippen LogP contribution is -2.44. The lowest BCUT2D eigenvalue weighted by Gasteiger charge is -2.39. The molecule has 4 rings (SSSR count). The van der Waals surface area contributed by atoms with Gasteiger partial charge in [-0.1, -0.05) is 25.3 Å². The maximum atomic E-state index is 13.7. The summed E-state index contributed by atoms with van der Waals surface area (Å²) in [7, 11) is 0. The van der Waals surface area contributed by atoms with Crippen molar-refractivity contribution in [2.75, 3.05) is 19.6 Å². The number of amides is 2. The number of likely N-dealkylation sites (tertiary alicyclic amines) is 1. The van der Waals surface area contributed by atoms with Crippen molar-refractivity contribution >= 4 is 23.2 Å². The highest BCUT2D eigenvalue weighted by molar-refractivity contribution is 7.12. The highest BCUT2D eigenvalue weighted by Gasteiger charge is 2.52. The molecule has 1 saturated carbocycles. The maximum Gasteiger partial charge on any atom is 0.263 e. The van der Waals surface area contributed by atoms with Crippen LogP contribution >= 0.6 is 11.3 Å². The Bertz CT molecular complexity index is 870. The Morgan fingerprint density at radius 3 is 2.70 bits per heavy atom. The molecule has 7 heteroatoms. The van der Waals surface area contributed by atoms with E-state index in [1.54, 1.807) is 0 Å². The van der Waals surface area contributed by atoms with Gasteiger partial charge in [0.2, 0.25) is 5.91 Å². The summed E-state index contributed by atoms with van der Waals surface area (Å²) in [6.07, 6.45) is 9.51. The zero-order valence-electron chi connectivity index (χ0n) is 18.0.